The van der Waals surface area contributed by atoms with Crippen LogP contribution in [-0.4, -0.2) is 23.5 Å². The Kier molecular flexibility index (Phi) is 2.25. The fourth-order valence-electron chi connectivity index (χ4n) is 0.879. The van der Waals surface area contributed by atoms with Crippen LogP contribution in [0.25, 0.3) is 0 Å². The maximum absolute atomic E-state index is 4.03. The second kappa shape index (κ2) is 3.18. The highest BCUT2D eigenvalue weighted by Crippen LogP contribution is 2.04. The van der Waals surface area contributed by atoms with Crippen molar-refractivity contribution in [2.24, 2.45) is 5.10 Å². The molecule has 2 N–H and O–H groups in total. The van der Waals surface area contributed by atoms with Crippen LogP contribution in [0.4, 0.5) is 0 Å². The third-order valence-corrected chi connectivity index (χ3v) is 1.51. The SMILES string of the molecule is CN/N=C/c1c(C)n[nH]c1C. The lowest BCUT2D eigenvalue weighted by Crippen LogP contribution is -1.95. The number of hydrazone groups is 1. The summed E-state index contributed by atoms with van der Waals surface area (Å²) in [6.45, 7) is 3.91. The van der Waals surface area contributed by atoms with Crippen LogP contribution < -0.4 is 5.43 Å². The lowest BCUT2D eigenvalue weighted by atomic mass is 10.2. The molecule has 0 saturated carbocycles. The number of hydrogen-bond donors (Lipinski definition) is 2. The van der Waals surface area contributed by atoms with Crippen molar-refractivity contribution in [1.82, 2.24) is 15.6 Å². The Morgan fingerprint density at radius 2 is 2.27 bits per heavy atom. The molecule has 0 atom stereocenters. The fraction of sp³-hybridized carbons (Fsp3) is 0.429. The molecule has 1 aromatic heterocycles. The predicted molar refractivity (Wildman–Crippen MR) is 44.7 cm³/mol. The van der Waals surface area contributed by atoms with Crippen molar-refractivity contribution < 1.29 is 0 Å². The van der Waals surface area contributed by atoms with Gasteiger partial charge >= 0.3 is 0 Å². The molecule has 60 valence electrons. The monoisotopic (exact) mass is 152 g/mol. The zero-order valence-electron chi connectivity index (χ0n) is 6.97. The lowest BCUT2D eigenvalue weighted by Gasteiger charge is -1.89. The number of nitrogens with one attached hydrogen (secondary N) is 2. The van der Waals surface area contributed by atoms with Crippen LogP contribution >= 0.6 is 0 Å². The standard InChI is InChI=1S/C7H12N4/c1-5-7(4-9-8-3)6(2)11-10-5/h4,8H,1-3H3,(H,10,11)/b9-4+. The molecule has 0 aliphatic rings. The topological polar surface area (TPSA) is 53.1 Å². The number of hydrogen-bond acceptors (Lipinski definition) is 3. The van der Waals surface area contributed by atoms with E-state index in [0.717, 1.165) is 17.0 Å². The molecule has 1 rings (SSSR count). The number of H-pyrrole nitrogens is 1. The number of aromatic nitrogens is 2. The van der Waals surface area contributed by atoms with Crippen LogP contribution in [-0.2, 0) is 0 Å². The van der Waals surface area contributed by atoms with Gasteiger partial charge in [-0.25, -0.2) is 0 Å². The van der Waals surface area contributed by atoms with E-state index in [1.807, 2.05) is 13.8 Å². The summed E-state index contributed by atoms with van der Waals surface area (Å²) in [4.78, 5) is 0. The summed E-state index contributed by atoms with van der Waals surface area (Å²) < 4.78 is 0. The average molecular weight is 152 g/mol. The molecule has 4 heteroatoms. The molecule has 0 amide bonds. The van der Waals surface area contributed by atoms with Gasteiger partial charge in [0.25, 0.3) is 0 Å². The van der Waals surface area contributed by atoms with E-state index in [1.165, 1.54) is 0 Å². The largest absolute Gasteiger partial charge is 0.313 e. The van der Waals surface area contributed by atoms with E-state index < -0.39 is 0 Å². The summed E-state index contributed by atoms with van der Waals surface area (Å²) in [6.07, 6.45) is 1.76. The molecule has 1 aromatic rings. The van der Waals surface area contributed by atoms with E-state index in [2.05, 4.69) is 20.7 Å². The van der Waals surface area contributed by atoms with E-state index in [0.29, 0.717) is 0 Å². The first kappa shape index (κ1) is 7.78. The second-order valence-electron chi connectivity index (χ2n) is 2.33. The molecule has 0 aliphatic heterocycles. The second-order valence-corrected chi connectivity index (χ2v) is 2.33. The Labute approximate surface area is 65.7 Å². The van der Waals surface area contributed by atoms with Crippen LogP contribution in [0.3, 0.4) is 0 Å². The highest BCUT2D eigenvalue weighted by atomic mass is 15.3. The van der Waals surface area contributed by atoms with Crippen LogP contribution in [0.15, 0.2) is 5.10 Å². The first-order chi connectivity index (χ1) is 5.25. The minimum absolute atomic E-state index is 0.974. The Bertz CT molecular complexity index is 242. The quantitative estimate of drug-likeness (QED) is 0.481. The summed E-state index contributed by atoms with van der Waals surface area (Å²) in [7, 11) is 1.77. The van der Waals surface area contributed by atoms with Gasteiger partial charge in [-0.2, -0.15) is 10.2 Å². The highest BCUT2D eigenvalue weighted by molar-refractivity contribution is 5.82. The lowest BCUT2D eigenvalue weighted by molar-refractivity contribution is 0.907. The van der Waals surface area contributed by atoms with Crippen molar-refractivity contribution in [3.05, 3.63) is 17.0 Å². The molecule has 0 aromatic carbocycles. The van der Waals surface area contributed by atoms with Gasteiger partial charge in [0.05, 0.1) is 11.9 Å². The van der Waals surface area contributed by atoms with Crippen molar-refractivity contribution in [1.29, 1.82) is 0 Å². The minimum atomic E-state index is 0.974. The molecule has 0 spiro atoms. The minimum Gasteiger partial charge on any atom is -0.313 e. The zero-order chi connectivity index (χ0) is 8.27. The summed E-state index contributed by atoms with van der Waals surface area (Å²) in [5, 5.41) is 10.8. The van der Waals surface area contributed by atoms with Crippen LogP contribution in [0.1, 0.15) is 17.0 Å². The number of nitrogens with zero attached hydrogens (tertiary/aromatic N) is 2. The van der Waals surface area contributed by atoms with Crippen molar-refractivity contribution >= 4 is 6.21 Å². The summed E-state index contributed by atoms with van der Waals surface area (Å²) in [5.41, 5.74) is 5.76. The van der Waals surface area contributed by atoms with Gasteiger partial charge in [0.15, 0.2) is 0 Å². The Morgan fingerprint density at radius 3 is 2.73 bits per heavy atom. The van der Waals surface area contributed by atoms with Gasteiger partial charge < -0.3 is 5.43 Å². The van der Waals surface area contributed by atoms with Crippen LogP contribution in [0, 0.1) is 13.8 Å². The zero-order valence-corrected chi connectivity index (χ0v) is 6.97. The summed E-state index contributed by atoms with van der Waals surface area (Å²) in [5.74, 6) is 0. The van der Waals surface area contributed by atoms with Crippen LogP contribution in [0.5, 0.6) is 0 Å². The first-order valence-corrected chi connectivity index (χ1v) is 3.47. The van der Waals surface area contributed by atoms with Gasteiger partial charge in [-0.3, -0.25) is 5.10 Å². The number of aryl methyl sites for hydroxylation is 2. The van der Waals surface area contributed by atoms with Crippen molar-refractivity contribution in [3.63, 3.8) is 0 Å². The van der Waals surface area contributed by atoms with E-state index in [9.17, 15) is 0 Å². The van der Waals surface area contributed by atoms with E-state index in [4.69, 9.17) is 0 Å². The van der Waals surface area contributed by atoms with Gasteiger partial charge in [0.2, 0.25) is 0 Å². The molecule has 0 radical (unpaired) electrons. The summed E-state index contributed by atoms with van der Waals surface area (Å²) >= 11 is 0. The van der Waals surface area contributed by atoms with Gasteiger partial charge in [-0.1, -0.05) is 0 Å². The maximum Gasteiger partial charge on any atom is 0.0682 e. The Balaban J connectivity index is 2.92. The molecule has 0 aliphatic carbocycles. The average Bonchev–Trinajstić information content (AvgIpc) is 2.29. The molecular formula is C7H12N4. The van der Waals surface area contributed by atoms with Gasteiger partial charge in [-0.05, 0) is 13.8 Å². The summed E-state index contributed by atoms with van der Waals surface area (Å²) in [6, 6.07) is 0. The van der Waals surface area contributed by atoms with Crippen molar-refractivity contribution in [2.75, 3.05) is 7.05 Å². The van der Waals surface area contributed by atoms with Gasteiger partial charge in [0.1, 0.15) is 0 Å². The number of rotatable bonds is 2. The van der Waals surface area contributed by atoms with Gasteiger partial charge in [0, 0.05) is 18.3 Å². The molecule has 1 heterocycles. The highest BCUT2D eigenvalue weighted by Gasteiger charge is 2.01. The number of aromatic amines is 1. The molecule has 0 saturated heterocycles. The van der Waals surface area contributed by atoms with E-state index in [1.54, 1.807) is 13.3 Å². The van der Waals surface area contributed by atoms with E-state index >= 15 is 0 Å². The van der Waals surface area contributed by atoms with Gasteiger partial charge in [-0.15, -0.1) is 0 Å². The molecule has 0 bridgehead atoms. The normalized spacial score (nSPS) is 10.8. The molecule has 4 nitrogen and oxygen atoms in total. The molecule has 0 unspecified atom stereocenters. The molecule has 11 heavy (non-hydrogen) atoms. The Morgan fingerprint density at radius 1 is 1.55 bits per heavy atom. The smallest absolute Gasteiger partial charge is 0.0682 e. The van der Waals surface area contributed by atoms with Crippen LogP contribution in [0.2, 0.25) is 0 Å². The molecule has 0 fully saturated rings. The molecular weight excluding hydrogens is 140 g/mol. The van der Waals surface area contributed by atoms with Crippen molar-refractivity contribution in [2.45, 2.75) is 13.8 Å². The predicted octanol–water partition coefficient (Wildman–Crippen LogP) is 0.580. The maximum atomic E-state index is 4.03. The first-order valence-electron chi connectivity index (χ1n) is 3.47. The fourth-order valence-corrected chi connectivity index (χ4v) is 0.879. The third kappa shape index (κ3) is 1.58. The third-order valence-electron chi connectivity index (χ3n) is 1.51. The van der Waals surface area contributed by atoms with Crippen molar-refractivity contribution in [3.8, 4) is 0 Å². The van der Waals surface area contributed by atoms with E-state index in [-0.39, 0.29) is 0 Å². The Hall–Kier alpha value is -1.32.